The second-order valence-corrected chi connectivity index (χ2v) is 8.04. The number of pyridine rings is 1. The van der Waals surface area contributed by atoms with Crippen molar-refractivity contribution < 1.29 is 19.3 Å². The summed E-state index contributed by atoms with van der Waals surface area (Å²) in [6, 6.07) is 8.48. The average molecular weight is 408 g/mol. The fourth-order valence-electron chi connectivity index (χ4n) is 3.56. The van der Waals surface area contributed by atoms with E-state index in [0.29, 0.717) is 28.9 Å². The quantitative estimate of drug-likeness (QED) is 0.599. The Morgan fingerprint density at radius 1 is 1.30 bits per heavy atom. The summed E-state index contributed by atoms with van der Waals surface area (Å²) >= 11 is 0. The van der Waals surface area contributed by atoms with Crippen LogP contribution >= 0.6 is 0 Å². The highest BCUT2D eigenvalue weighted by molar-refractivity contribution is 5.96. The van der Waals surface area contributed by atoms with Gasteiger partial charge >= 0.3 is 0 Å². The third-order valence-electron chi connectivity index (χ3n) is 5.44. The molecule has 2 heterocycles. The molecule has 0 radical (unpaired) electrons. The molecule has 1 atom stereocenters. The van der Waals surface area contributed by atoms with Crippen molar-refractivity contribution in [2.45, 2.75) is 38.7 Å². The van der Waals surface area contributed by atoms with E-state index in [1.165, 1.54) is 5.57 Å². The van der Waals surface area contributed by atoms with E-state index in [1.807, 2.05) is 13.8 Å². The van der Waals surface area contributed by atoms with Crippen molar-refractivity contribution in [3.05, 3.63) is 53.7 Å². The van der Waals surface area contributed by atoms with Crippen molar-refractivity contribution in [1.82, 2.24) is 20.6 Å². The Balaban J connectivity index is 1.42. The van der Waals surface area contributed by atoms with Crippen LogP contribution < -0.4 is 10.1 Å². The van der Waals surface area contributed by atoms with Crippen LogP contribution in [0.2, 0.25) is 0 Å². The normalized spacial score (nSPS) is 16.9. The summed E-state index contributed by atoms with van der Waals surface area (Å²) < 4.78 is 10.5. The molecule has 2 N–H and O–H groups in total. The number of ether oxygens (including phenoxy) is 1. The molecule has 156 valence electrons. The predicted octanol–water partition coefficient (Wildman–Crippen LogP) is 3.64. The van der Waals surface area contributed by atoms with Crippen molar-refractivity contribution in [2.75, 3.05) is 6.54 Å². The summed E-state index contributed by atoms with van der Waals surface area (Å²) in [4.78, 5) is 17.0. The molecule has 8 nitrogen and oxygen atoms in total. The molecule has 0 saturated carbocycles. The minimum absolute atomic E-state index is 0.213. The molecule has 1 amide bonds. The molecule has 8 heteroatoms. The Morgan fingerprint density at radius 2 is 2.13 bits per heavy atom. The van der Waals surface area contributed by atoms with Gasteiger partial charge in [0, 0.05) is 18.8 Å². The zero-order valence-electron chi connectivity index (χ0n) is 17.0. The van der Waals surface area contributed by atoms with Crippen LogP contribution in [0.25, 0.3) is 11.0 Å². The number of carbonyl (C=O) groups is 1. The van der Waals surface area contributed by atoms with Crippen LogP contribution in [0.3, 0.4) is 0 Å². The third-order valence-corrected chi connectivity index (χ3v) is 5.44. The van der Waals surface area contributed by atoms with Crippen molar-refractivity contribution in [3.63, 3.8) is 0 Å². The van der Waals surface area contributed by atoms with Gasteiger partial charge in [-0.1, -0.05) is 11.6 Å². The number of hydrogen-bond donors (Lipinski definition) is 2. The van der Waals surface area contributed by atoms with Crippen molar-refractivity contribution in [1.29, 1.82) is 0 Å². The van der Waals surface area contributed by atoms with Crippen LogP contribution in [-0.4, -0.2) is 38.5 Å². The number of amides is 1. The SMILES string of the molecule is CC(C)(O)[C@@H]1CC=C(CNC(=O)c2cccnc2Oc2ccc3nonc3c2)CC1. The molecule has 3 aromatic rings. The van der Waals surface area contributed by atoms with E-state index < -0.39 is 5.60 Å². The van der Waals surface area contributed by atoms with Crippen LogP contribution in [0, 0.1) is 5.92 Å². The van der Waals surface area contributed by atoms with Gasteiger partial charge in [-0.2, -0.15) is 0 Å². The first-order valence-corrected chi connectivity index (χ1v) is 9.94. The monoisotopic (exact) mass is 408 g/mol. The van der Waals surface area contributed by atoms with Gasteiger partial charge in [0.15, 0.2) is 0 Å². The topological polar surface area (TPSA) is 110 Å². The molecule has 1 aliphatic rings. The van der Waals surface area contributed by atoms with E-state index in [1.54, 1.807) is 36.5 Å². The summed E-state index contributed by atoms with van der Waals surface area (Å²) in [5.41, 5.74) is 2.01. The number of fused-ring (bicyclic) bond motifs is 1. The first kappa shape index (κ1) is 20.0. The maximum atomic E-state index is 12.8. The lowest BCUT2D eigenvalue weighted by Crippen LogP contribution is -2.33. The zero-order valence-corrected chi connectivity index (χ0v) is 17.0. The highest BCUT2D eigenvalue weighted by Crippen LogP contribution is 2.31. The summed E-state index contributed by atoms with van der Waals surface area (Å²) in [7, 11) is 0. The smallest absolute Gasteiger partial charge is 0.257 e. The van der Waals surface area contributed by atoms with Crippen LogP contribution in [0.5, 0.6) is 11.6 Å². The van der Waals surface area contributed by atoms with E-state index in [2.05, 4.69) is 26.7 Å². The van der Waals surface area contributed by atoms with Gasteiger partial charge in [0.2, 0.25) is 5.88 Å². The van der Waals surface area contributed by atoms with E-state index >= 15 is 0 Å². The molecule has 4 rings (SSSR count). The van der Waals surface area contributed by atoms with Crippen LogP contribution in [0.15, 0.2) is 52.8 Å². The number of rotatable bonds is 6. The standard InChI is InChI=1S/C22H24N4O4/c1-22(2,28)15-7-5-14(6-8-15)13-24-20(27)17-4-3-11-23-21(17)29-16-9-10-18-19(12-16)26-30-25-18/h3-5,9-12,15,28H,6-8,13H2,1-2H3,(H,24,27)/t15-/m1/s1. The molecule has 0 fully saturated rings. The van der Waals surface area contributed by atoms with Gasteiger partial charge in [0.05, 0.1) is 5.60 Å². The summed E-state index contributed by atoms with van der Waals surface area (Å²) in [6.07, 6.45) is 6.27. The molecule has 2 aromatic heterocycles. The first-order valence-electron chi connectivity index (χ1n) is 9.94. The summed E-state index contributed by atoms with van der Waals surface area (Å²) in [6.45, 7) is 4.15. The molecule has 0 aliphatic heterocycles. The van der Waals surface area contributed by atoms with Gasteiger partial charge < -0.3 is 15.2 Å². The Bertz CT molecular complexity index is 1080. The molecular weight excluding hydrogens is 384 g/mol. The van der Waals surface area contributed by atoms with Crippen molar-refractivity contribution in [3.8, 4) is 11.6 Å². The summed E-state index contributed by atoms with van der Waals surface area (Å²) in [5.74, 6) is 0.685. The molecule has 0 saturated heterocycles. The lowest BCUT2D eigenvalue weighted by atomic mass is 9.79. The van der Waals surface area contributed by atoms with Gasteiger partial charge in [0.1, 0.15) is 22.3 Å². The van der Waals surface area contributed by atoms with Crippen molar-refractivity contribution >= 4 is 16.9 Å². The summed E-state index contributed by atoms with van der Waals surface area (Å²) in [5, 5.41) is 20.7. The molecule has 0 bridgehead atoms. The molecule has 1 aromatic carbocycles. The van der Waals surface area contributed by atoms with E-state index in [4.69, 9.17) is 9.37 Å². The second kappa shape index (κ2) is 8.23. The minimum atomic E-state index is -0.682. The van der Waals surface area contributed by atoms with Crippen LogP contribution in [0.1, 0.15) is 43.5 Å². The van der Waals surface area contributed by atoms with E-state index in [0.717, 1.165) is 19.3 Å². The Labute approximate surface area is 173 Å². The van der Waals surface area contributed by atoms with E-state index in [9.17, 15) is 9.90 Å². The highest BCUT2D eigenvalue weighted by atomic mass is 16.6. The Kier molecular flexibility index (Phi) is 5.50. The van der Waals surface area contributed by atoms with Gasteiger partial charge in [-0.25, -0.2) is 9.61 Å². The third kappa shape index (κ3) is 4.49. The maximum absolute atomic E-state index is 12.8. The predicted molar refractivity (Wildman–Crippen MR) is 110 cm³/mol. The fourth-order valence-corrected chi connectivity index (χ4v) is 3.56. The fraction of sp³-hybridized carbons (Fsp3) is 0.364. The molecule has 0 unspecified atom stereocenters. The van der Waals surface area contributed by atoms with Gasteiger partial charge in [-0.05, 0) is 73.6 Å². The van der Waals surface area contributed by atoms with Gasteiger partial charge in [0.25, 0.3) is 5.91 Å². The number of nitrogens with zero attached hydrogens (tertiary/aromatic N) is 3. The Morgan fingerprint density at radius 3 is 2.90 bits per heavy atom. The lowest BCUT2D eigenvalue weighted by molar-refractivity contribution is 0.0125. The average Bonchev–Trinajstić information content (AvgIpc) is 3.20. The molecule has 30 heavy (non-hydrogen) atoms. The lowest BCUT2D eigenvalue weighted by Gasteiger charge is -2.32. The number of benzene rings is 1. The van der Waals surface area contributed by atoms with E-state index in [-0.39, 0.29) is 17.7 Å². The highest BCUT2D eigenvalue weighted by Gasteiger charge is 2.28. The van der Waals surface area contributed by atoms with Crippen molar-refractivity contribution in [2.24, 2.45) is 5.92 Å². The zero-order chi connectivity index (χ0) is 21.1. The van der Waals surface area contributed by atoms with Crippen LogP contribution in [0.4, 0.5) is 0 Å². The second-order valence-electron chi connectivity index (χ2n) is 8.04. The molecule has 0 spiro atoms. The number of hydrogen-bond acceptors (Lipinski definition) is 7. The maximum Gasteiger partial charge on any atom is 0.257 e. The first-order chi connectivity index (χ1) is 14.4. The Hall–Kier alpha value is -3.26. The number of nitrogens with one attached hydrogen (secondary N) is 1. The molecular formula is C22H24N4O4. The number of aromatic nitrogens is 3. The van der Waals surface area contributed by atoms with Gasteiger partial charge in [-0.3, -0.25) is 4.79 Å². The molecule has 1 aliphatic carbocycles. The number of carbonyl (C=O) groups excluding carboxylic acids is 1. The number of aliphatic hydroxyl groups is 1. The number of allylic oxidation sites excluding steroid dienone is 1. The van der Waals surface area contributed by atoms with Gasteiger partial charge in [-0.15, -0.1) is 0 Å². The minimum Gasteiger partial charge on any atom is -0.438 e. The van der Waals surface area contributed by atoms with Crippen LogP contribution in [-0.2, 0) is 0 Å². The largest absolute Gasteiger partial charge is 0.438 e.